The molecule has 0 bridgehead atoms. The summed E-state index contributed by atoms with van der Waals surface area (Å²) >= 11 is 0. The van der Waals surface area contributed by atoms with Crippen molar-refractivity contribution in [3.63, 3.8) is 0 Å². The number of cyclic esters (lactones) is 1. The fourth-order valence-electron chi connectivity index (χ4n) is 4.07. The molecule has 1 saturated heterocycles. The molecule has 1 aliphatic heterocycles. The molecule has 2 heterocycles. The second kappa shape index (κ2) is 9.17. The molecule has 34 heavy (non-hydrogen) atoms. The molecule has 0 spiro atoms. The van der Waals surface area contributed by atoms with Crippen molar-refractivity contribution >= 4 is 12.1 Å². The van der Waals surface area contributed by atoms with Crippen LogP contribution in [0.5, 0.6) is 0 Å². The Morgan fingerprint density at radius 3 is 2.53 bits per heavy atom. The fraction of sp³-hybridized carbons (Fsp3) is 0.240. The molecule has 1 fully saturated rings. The van der Waals surface area contributed by atoms with Crippen LogP contribution in [0.25, 0.3) is 11.1 Å². The van der Waals surface area contributed by atoms with E-state index in [0.29, 0.717) is 16.7 Å². The zero-order chi connectivity index (χ0) is 24.5. The molecule has 1 N–H and O–H groups in total. The van der Waals surface area contributed by atoms with Crippen LogP contribution < -0.4 is 0 Å². The van der Waals surface area contributed by atoms with Gasteiger partial charge in [-0.2, -0.15) is 13.2 Å². The zero-order valence-electron chi connectivity index (χ0n) is 18.1. The van der Waals surface area contributed by atoms with Crippen molar-refractivity contribution in [1.29, 1.82) is 0 Å². The molecule has 1 aromatic heterocycles. The van der Waals surface area contributed by atoms with E-state index in [2.05, 4.69) is 4.98 Å². The zero-order valence-corrected chi connectivity index (χ0v) is 18.1. The molecule has 9 heteroatoms. The van der Waals surface area contributed by atoms with Crippen LogP contribution in [0, 0.1) is 0 Å². The highest BCUT2D eigenvalue weighted by atomic mass is 19.4. The van der Waals surface area contributed by atoms with E-state index in [0.717, 1.165) is 17.7 Å². The van der Waals surface area contributed by atoms with E-state index >= 15 is 0 Å². The van der Waals surface area contributed by atoms with Gasteiger partial charge in [-0.25, -0.2) is 4.79 Å². The number of nitrogens with zero attached hydrogens (tertiary/aromatic N) is 2. The maximum absolute atomic E-state index is 13.5. The van der Waals surface area contributed by atoms with Crippen molar-refractivity contribution in [1.82, 2.24) is 9.88 Å². The third kappa shape index (κ3) is 4.88. The standard InChI is InChI=1S/C25H21F3N2O4/c1-15-23(17-5-3-2-4-6-17)34-24(33)30(15)14-19-11-20(25(26,27)28)7-8-21(19)18-9-16(10-22(31)32)12-29-13-18/h2-9,11-13,15,23H,10,14H2,1H3,(H,31,32)/t15-,23-/m0/s1. The van der Waals surface area contributed by atoms with Gasteiger partial charge in [0.2, 0.25) is 0 Å². The van der Waals surface area contributed by atoms with Gasteiger partial charge in [-0.3, -0.25) is 14.7 Å². The number of carboxylic acid groups (broad SMARTS) is 1. The predicted molar refractivity (Wildman–Crippen MR) is 117 cm³/mol. The molecular formula is C25H21F3N2O4. The van der Waals surface area contributed by atoms with Crippen LogP contribution in [0.15, 0.2) is 67.0 Å². The first kappa shape index (κ1) is 23.3. The summed E-state index contributed by atoms with van der Waals surface area (Å²) in [4.78, 5) is 29.2. The lowest BCUT2D eigenvalue weighted by Gasteiger charge is -2.23. The smallest absolute Gasteiger partial charge is 0.416 e. The highest BCUT2D eigenvalue weighted by Crippen LogP contribution is 2.37. The van der Waals surface area contributed by atoms with Crippen molar-refractivity contribution in [2.75, 3.05) is 0 Å². The summed E-state index contributed by atoms with van der Waals surface area (Å²) in [5.74, 6) is -1.05. The molecule has 1 aliphatic rings. The monoisotopic (exact) mass is 470 g/mol. The minimum absolute atomic E-state index is 0.119. The predicted octanol–water partition coefficient (Wildman–Crippen LogP) is 5.48. The molecule has 6 nitrogen and oxygen atoms in total. The van der Waals surface area contributed by atoms with Crippen LogP contribution in [-0.2, 0) is 28.7 Å². The van der Waals surface area contributed by atoms with Gasteiger partial charge >= 0.3 is 18.2 Å². The highest BCUT2D eigenvalue weighted by Gasteiger charge is 2.40. The number of rotatable bonds is 6. The summed E-state index contributed by atoms with van der Waals surface area (Å²) in [6.07, 6.45) is -3.17. The van der Waals surface area contributed by atoms with E-state index in [9.17, 15) is 22.8 Å². The van der Waals surface area contributed by atoms with Crippen LogP contribution in [0.3, 0.4) is 0 Å². The van der Waals surface area contributed by atoms with Crippen molar-refractivity contribution in [2.24, 2.45) is 0 Å². The lowest BCUT2D eigenvalue weighted by Crippen LogP contribution is -2.31. The summed E-state index contributed by atoms with van der Waals surface area (Å²) in [5.41, 5.74) is 1.50. The number of carbonyl (C=O) groups excluding carboxylic acids is 1. The largest absolute Gasteiger partial charge is 0.481 e. The minimum atomic E-state index is -4.57. The first-order valence-electron chi connectivity index (χ1n) is 10.5. The van der Waals surface area contributed by atoms with Crippen LogP contribution in [0.2, 0.25) is 0 Å². The van der Waals surface area contributed by atoms with Crippen molar-refractivity contribution in [3.8, 4) is 11.1 Å². The maximum atomic E-state index is 13.5. The van der Waals surface area contributed by atoms with E-state index in [1.165, 1.54) is 23.4 Å². The van der Waals surface area contributed by atoms with Gasteiger partial charge in [-0.15, -0.1) is 0 Å². The molecule has 0 saturated carbocycles. The molecule has 3 aromatic rings. The van der Waals surface area contributed by atoms with Crippen LogP contribution >= 0.6 is 0 Å². The average molecular weight is 470 g/mol. The average Bonchev–Trinajstić information content (AvgIpc) is 3.07. The van der Waals surface area contributed by atoms with Crippen molar-refractivity contribution in [3.05, 3.63) is 89.2 Å². The number of ether oxygens (including phenoxy) is 1. The number of amides is 1. The van der Waals surface area contributed by atoms with Crippen molar-refractivity contribution < 1.29 is 32.6 Å². The van der Waals surface area contributed by atoms with Crippen LogP contribution in [-0.4, -0.2) is 33.1 Å². The van der Waals surface area contributed by atoms with Crippen LogP contribution in [0.4, 0.5) is 18.0 Å². The van der Waals surface area contributed by atoms with Gasteiger partial charge in [0.25, 0.3) is 0 Å². The lowest BCUT2D eigenvalue weighted by molar-refractivity contribution is -0.138. The highest BCUT2D eigenvalue weighted by molar-refractivity contribution is 5.74. The first-order valence-corrected chi connectivity index (χ1v) is 10.5. The molecule has 2 aromatic carbocycles. The van der Waals surface area contributed by atoms with Gasteiger partial charge in [0.1, 0.15) is 6.10 Å². The number of hydrogen-bond donors (Lipinski definition) is 1. The summed E-state index contributed by atoms with van der Waals surface area (Å²) in [6, 6.07) is 13.6. The number of benzene rings is 2. The Labute approximate surface area is 193 Å². The van der Waals surface area contributed by atoms with E-state index in [1.807, 2.05) is 30.3 Å². The summed E-state index contributed by atoms with van der Waals surface area (Å²) in [5, 5.41) is 9.06. The Bertz CT molecular complexity index is 1210. The second-order valence-corrected chi connectivity index (χ2v) is 8.11. The van der Waals surface area contributed by atoms with E-state index in [-0.39, 0.29) is 18.5 Å². The van der Waals surface area contributed by atoms with E-state index in [1.54, 1.807) is 13.0 Å². The number of aliphatic carboxylic acids is 1. The number of alkyl halides is 3. The van der Waals surface area contributed by atoms with Gasteiger partial charge < -0.3 is 9.84 Å². The first-order chi connectivity index (χ1) is 16.1. The van der Waals surface area contributed by atoms with Gasteiger partial charge in [0, 0.05) is 18.0 Å². The normalized spacial score (nSPS) is 18.1. The Morgan fingerprint density at radius 1 is 1.12 bits per heavy atom. The summed E-state index contributed by atoms with van der Waals surface area (Å²) in [6.45, 7) is 1.66. The maximum Gasteiger partial charge on any atom is 0.416 e. The number of halogens is 3. The fourth-order valence-corrected chi connectivity index (χ4v) is 4.07. The number of pyridine rings is 1. The number of carbonyl (C=O) groups is 2. The molecule has 176 valence electrons. The van der Waals surface area contributed by atoms with Crippen LogP contribution in [0.1, 0.15) is 35.3 Å². The third-order valence-electron chi connectivity index (χ3n) is 5.75. The Balaban J connectivity index is 1.71. The van der Waals surface area contributed by atoms with Gasteiger partial charge in [-0.05, 0) is 47.4 Å². The number of aromatic nitrogens is 1. The number of hydrogen-bond acceptors (Lipinski definition) is 4. The van der Waals surface area contributed by atoms with Gasteiger partial charge in [0.15, 0.2) is 0 Å². The molecule has 1 amide bonds. The Morgan fingerprint density at radius 2 is 1.85 bits per heavy atom. The molecular weight excluding hydrogens is 449 g/mol. The topological polar surface area (TPSA) is 79.7 Å². The van der Waals surface area contributed by atoms with Gasteiger partial charge in [-0.1, -0.05) is 36.4 Å². The molecule has 0 radical (unpaired) electrons. The minimum Gasteiger partial charge on any atom is -0.481 e. The summed E-state index contributed by atoms with van der Waals surface area (Å²) in [7, 11) is 0. The molecule has 4 rings (SSSR count). The Hall–Kier alpha value is -3.88. The summed E-state index contributed by atoms with van der Waals surface area (Å²) < 4.78 is 46.0. The quantitative estimate of drug-likeness (QED) is 0.516. The second-order valence-electron chi connectivity index (χ2n) is 8.11. The van der Waals surface area contributed by atoms with E-state index < -0.39 is 35.9 Å². The SMILES string of the molecule is C[C@H]1[C@@H](c2ccccc2)OC(=O)N1Cc1cc(C(F)(F)F)ccc1-c1cncc(CC(=O)O)c1. The molecule has 0 unspecified atom stereocenters. The number of carboxylic acids is 1. The van der Waals surface area contributed by atoms with Crippen molar-refractivity contribution in [2.45, 2.75) is 38.2 Å². The lowest BCUT2D eigenvalue weighted by atomic mass is 9.96. The molecule has 0 aliphatic carbocycles. The third-order valence-corrected chi connectivity index (χ3v) is 5.75. The van der Waals surface area contributed by atoms with Gasteiger partial charge in [0.05, 0.1) is 24.6 Å². The van der Waals surface area contributed by atoms with E-state index in [4.69, 9.17) is 9.84 Å². The Kier molecular flexibility index (Phi) is 6.28. The molecule has 2 atom stereocenters.